The number of hydrogen-bond donors (Lipinski definition) is 0. The van der Waals surface area contributed by atoms with Crippen LogP contribution in [0.2, 0.25) is 0 Å². The highest BCUT2D eigenvalue weighted by Crippen LogP contribution is 2.39. The fourth-order valence-electron chi connectivity index (χ4n) is 3.45. The molecule has 0 amide bonds. The van der Waals surface area contributed by atoms with E-state index in [1.54, 1.807) is 0 Å². The first-order chi connectivity index (χ1) is 15.4. The van der Waals surface area contributed by atoms with Crippen LogP contribution in [0.4, 0.5) is 33.8 Å². The second-order valence-electron chi connectivity index (χ2n) is 6.89. The molecule has 0 atom stereocenters. The maximum Gasteiger partial charge on any atom is 0.248 e. The van der Waals surface area contributed by atoms with E-state index in [0.717, 1.165) is 27.9 Å². The van der Waals surface area contributed by atoms with Crippen LogP contribution in [0.5, 0.6) is 0 Å². The first-order valence-electron chi connectivity index (χ1n) is 10.0. The Bertz CT molecular complexity index is 1050. The smallest absolute Gasteiger partial charge is 0.248 e. The molecule has 5 aromatic rings. The van der Waals surface area contributed by atoms with Crippen LogP contribution in [0, 0.1) is 0 Å². The number of para-hydroxylation sites is 4. The van der Waals surface area contributed by atoms with Gasteiger partial charge in [-0.15, -0.1) is 0 Å². The normalized spacial score (nSPS) is 10.6. The molecule has 4 aromatic carbocycles. The Morgan fingerprint density at radius 2 is 0.806 bits per heavy atom. The molecule has 0 radical (unpaired) electrons. The zero-order valence-corrected chi connectivity index (χ0v) is 17.6. The van der Waals surface area contributed by atoms with Crippen LogP contribution in [0.25, 0.3) is 0 Å². The number of aromatic nitrogens is 2. The van der Waals surface area contributed by atoms with Crippen molar-refractivity contribution >= 4 is 45.4 Å². The van der Waals surface area contributed by atoms with Crippen molar-refractivity contribution in [3.63, 3.8) is 0 Å². The van der Waals surface area contributed by atoms with E-state index in [2.05, 4.69) is 58.3 Å². The maximum atomic E-state index is 4.98. The Balaban J connectivity index is 1.61. The highest BCUT2D eigenvalue weighted by molar-refractivity contribution is 7.10. The van der Waals surface area contributed by atoms with Crippen molar-refractivity contribution in [2.24, 2.45) is 0 Å². The van der Waals surface area contributed by atoms with E-state index in [1.165, 1.54) is 11.5 Å². The summed E-state index contributed by atoms with van der Waals surface area (Å²) >= 11 is 1.39. The molecule has 31 heavy (non-hydrogen) atoms. The van der Waals surface area contributed by atoms with Gasteiger partial charge in [0.25, 0.3) is 0 Å². The third kappa shape index (κ3) is 4.04. The first kappa shape index (κ1) is 19.0. The molecule has 0 spiro atoms. The second-order valence-corrected chi connectivity index (χ2v) is 7.62. The van der Waals surface area contributed by atoms with Gasteiger partial charge in [-0.3, -0.25) is 9.80 Å². The van der Waals surface area contributed by atoms with E-state index in [1.807, 2.05) is 72.8 Å². The Morgan fingerprint density at radius 1 is 0.452 bits per heavy atom. The van der Waals surface area contributed by atoms with Crippen LogP contribution in [-0.4, -0.2) is 9.36 Å². The van der Waals surface area contributed by atoms with E-state index >= 15 is 0 Å². The molecule has 0 saturated heterocycles. The van der Waals surface area contributed by atoms with E-state index in [4.69, 9.17) is 9.36 Å². The fraction of sp³-hybridized carbons (Fsp3) is 0. The molecule has 150 valence electrons. The molecular weight excluding hydrogens is 400 g/mol. The standard InChI is InChI=1S/C26H20N4S/c1-5-13-21(14-6-1)29(22-15-7-2-8-16-22)25-27-26(31-28-25)30(23-17-9-3-10-18-23)24-19-11-4-12-20-24/h1-20H. The quantitative estimate of drug-likeness (QED) is 0.285. The summed E-state index contributed by atoms with van der Waals surface area (Å²) in [5, 5.41) is 0.810. The predicted octanol–water partition coefficient (Wildman–Crippen LogP) is 7.48. The van der Waals surface area contributed by atoms with Crippen LogP contribution in [0.15, 0.2) is 121 Å². The van der Waals surface area contributed by atoms with E-state index < -0.39 is 0 Å². The number of benzene rings is 4. The predicted molar refractivity (Wildman–Crippen MR) is 129 cm³/mol. The molecule has 0 aliphatic carbocycles. The van der Waals surface area contributed by atoms with Crippen molar-refractivity contribution in [2.75, 3.05) is 9.80 Å². The van der Waals surface area contributed by atoms with Gasteiger partial charge in [-0.2, -0.15) is 9.36 Å². The van der Waals surface area contributed by atoms with E-state index in [0.29, 0.717) is 5.95 Å². The molecule has 5 heteroatoms. The summed E-state index contributed by atoms with van der Waals surface area (Å²) in [4.78, 5) is 9.19. The second kappa shape index (κ2) is 8.81. The van der Waals surface area contributed by atoms with E-state index in [9.17, 15) is 0 Å². The van der Waals surface area contributed by atoms with Gasteiger partial charge in [-0.05, 0) is 48.5 Å². The van der Waals surface area contributed by atoms with Crippen molar-refractivity contribution in [2.45, 2.75) is 0 Å². The van der Waals surface area contributed by atoms with Gasteiger partial charge >= 0.3 is 0 Å². The Labute approximate surface area is 185 Å². The van der Waals surface area contributed by atoms with Crippen LogP contribution in [0.1, 0.15) is 0 Å². The Hall–Kier alpha value is -3.96. The molecule has 0 N–H and O–H groups in total. The molecule has 0 fully saturated rings. The lowest BCUT2D eigenvalue weighted by atomic mass is 10.2. The highest BCUT2D eigenvalue weighted by Gasteiger charge is 2.21. The summed E-state index contributed by atoms with van der Waals surface area (Å²) in [5.41, 5.74) is 4.12. The first-order valence-corrected chi connectivity index (χ1v) is 10.8. The van der Waals surface area contributed by atoms with Gasteiger partial charge in [-0.1, -0.05) is 72.8 Å². The molecular formula is C26H20N4S. The van der Waals surface area contributed by atoms with Gasteiger partial charge in [-0.25, -0.2) is 0 Å². The molecule has 0 aliphatic rings. The molecule has 0 unspecified atom stereocenters. The molecule has 0 saturated carbocycles. The summed E-state index contributed by atoms with van der Waals surface area (Å²) < 4.78 is 4.76. The Morgan fingerprint density at radius 3 is 1.19 bits per heavy atom. The number of hydrogen-bond acceptors (Lipinski definition) is 5. The van der Waals surface area contributed by atoms with Crippen molar-refractivity contribution in [1.82, 2.24) is 9.36 Å². The number of anilines is 6. The van der Waals surface area contributed by atoms with Gasteiger partial charge in [0, 0.05) is 34.3 Å². The third-order valence-corrected chi connectivity index (χ3v) is 5.55. The minimum Gasteiger partial charge on any atom is -0.285 e. The lowest BCUT2D eigenvalue weighted by Crippen LogP contribution is -2.13. The van der Waals surface area contributed by atoms with Gasteiger partial charge in [0.05, 0.1) is 0 Å². The molecule has 0 bridgehead atoms. The lowest BCUT2D eigenvalue weighted by molar-refractivity contribution is 1.14. The van der Waals surface area contributed by atoms with Gasteiger partial charge < -0.3 is 0 Å². The maximum absolute atomic E-state index is 4.98. The third-order valence-electron chi connectivity index (χ3n) is 4.85. The van der Waals surface area contributed by atoms with Gasteiger partial charge in [0.2, 0.25) is 11.1 Å². The fourth-order valence-corrected chi connectivity index (χ4v) is 4.15. The zero-order chi connectivity index (χ0) is 20.9. The van der Waals surface area contributed by atoms with Crippen molar-refractivity contribution in [1.29, 1.82) is 0 Å². The molecule has 1 aromatic heterocycles. The SMILES string of the molecule is c1ccc(N(c2ccccc2)c2nsc(N(c3ccccc3)c3ccccc3)n2)cc1. The van der Waals surface area contributed by atoms with Crippen molar-refractivity contribution < 1.29 is 0 Å². The molecule has 4 nitrogen and oxygen atoms in total. The van der Waals surface area contributed by atoms with Crippen LogP contribution >= 0.6 is 11.5 Å². The van der Waals surface area contributed by atoms with Gasteiger partial charge in [0.15, 0.2) is 0 Å². The minimum atomic E-state index is 0.647. The van der Waals surface area contributed by atoms with Crippen LogP contribution in [0.3, 0.4) is 0 Å². The number of nitrogens with zero attached hydrogens (tertiary/aromatic N) is 4. The monoisotopic (exact) mass is 420 g/mol. The zero-order valence-electron chi connectivity index (χ0n) is 16.7. The van der Waals surface area contributed by atoms with E-state index in [-0.39, 0.29) is 0 Å². The summed E-state index contributed by atoms with van der Waals surface area (Å²) in [7, 11) is 0. The minimum absolute atomic E-state index is 0.647. The summed E-state index contributed by atoms with van der Waals surface area (Å²) in [6.07, 6.45) is 0. The number of rotatable bonds is 6. The lowest BCUT2D eigenvalue weighted by Gasteiger charge is -2.23. The van der Waals surface area contributed by atoms with Crippen molar-refractivity contribution in [3.8, 4) is 0 Å². The van der Waals surface area contributed by atoms with Crippen LogP contribution < -0.4 is 9.80 Å². The molecule has 5 rings (SSSR count). The Kier molecular flexibility index (Phi) is 5.41. The molecule has 0 aliphatic heterocycles. The van der Waals surface area contributed by atoms with Gasteiger partial charge in [0.1, 0.15) is 0 Å². The average Bonchev–Trinajstić information content (AvgIpc) is 3.31. The van der Waals surface area contributed by atoms with Crippen LogP contribution in [-0.2, 0) is 0 Å². The topological polar surface area (TPSA) is 32.3 Å². The summed E-state index contributed by atoms with van der Waals surface area (Å²) in [5.74, 6) is 0.647. The average molecular weight is 421 g/mol. The van der Waals surface area contributed by atoms with Crippen molar-refractivity contribution in [3.05, 3.63) is 121 Å². The largest absolute Gasteiger partial charge is 0.285 e. The summed E-state index contributed by atoms with van der Waals surface area (Å²) in [6, 6.07) is 40.9. The summed E-state index contributed by atoms with van der Waals surface area (Å²) in [6.45, 7) is 0. The highest BCUT2D eigenvalue weighted by atomic mass is 32.1. The molecule has 1 heterocycles.